The molecule has 0 radical (unpaired) electrons. The van der Waals surface area contributed by atoms with Crippen LogP contribution in [-0.4, -0.2) is 41.1 Å². The van der Waals surface area contributed by atoms with Gasteiger partial charge in [-0.05, 0) is 42.7 Å². The molecule has 1 amide bonds. The van der Waals surface area contributed by atoms with E-state index in [0.717, 1.165) is 30.8 Å². The van der Waals surface area contributed by atoms with Gasteiger partial charge in [-0.1, -0.05) is 37.2 Å². The second-order valence-corrected chi connectivity index (χ2v) is 7.08. The molecule has 0 aliphatic carbocycles. The van der Waals surface area contributed by atoms with E-state index in [-0.39, 0.29) is 5.91 Å². The van der Waals surface area contributed by atoms with E-state index >= 15 is 0 Å². The Morgan fingerprint density at radius 3 is 2.73 bits per heavy atom. The molecule has 3 rings (SSSR count). The van der Waals surface area contributed by atoms with Gasteiger partial charge in [0.25, 0.3) is 0 Å². The minimum Gasteiger partial charge on any atom is -0.339 e. The number of amides is 1. The van der Waals surface area contributed by atoms with E-state index in [1.807, 2.05) is 24.3 Å². The first-order valence-electron chi connectivity index (χ1n) is 9.11. The fourth-order valence-corrected chi connectivity index (χ4v) is 2.86. The Balaban J connectivity index is 1.50. The van der Waals surface area contributed by atoms with Crippen LogP contribution in [-0.2, 0) is 11.2 Å². The number of rotatable bonds is 6. The zero-order chi connectivity index (χ0) is 18.5. The van der Waals surface area contributed by atoms with E-state index in [1.165, 1.54) is 5.56 Å². The minimum atomic E-state index is -0.0550. The predicted molar refractivity (Wildman–Crippen MR) is 102 cm³/mol. The summed E-state index contributed by atoms with van der Waals surface area (Å²) in [6.45, 7) is 6.19. The molecule has 6 heteroatoms. The van der Waals surface area contributed by atoms with E-state index in [0.29, 0.717) is 30.5 Å². The van der Waals surface area contributed by atoms with Crippen LogP contribution in [0.5, 0.6) is 0 Å². The lowest BCUT2D eigenvalue weighted by Gasteiger charge is -2.19. The molecule has 2 aromatic rings. The van der Waals surface area contributed by atoms with Crippen molar-refractivity contribution in [2.45, 2.75) is 39.0 Å². The van der Waals surface area contributed by atoms with E-state index < -0.39 is 0 Å². The Labute approximate surface area is 154 Å². The van der Waals surface area contributed by atoms with Crippen molar-refractivity contribution in [3.8, 4) is 0 Å². The summed E-state index contributed by atoms with van der Waals surface area (Å²) in [5, 5.41) is 6.96. The predicted octanol–water partition coefficient (Wildman–Crippen LogP) is 3.48. The fourth-order valence-electron chi connectivity index (χ4n) is 2.86. The van der Waals surface area contributed by atoms with Crippen molar-refractivity contribution in [3.63, 3.8) is 0 Å². The van der Waals surface area contributed by atoms with Gasteiger partial charge < -0.3 is 14.7 Å². The van der Waals surface area contributed by atoms with Crippen LogP contribution in [0.2, 0.25) is 0 Å². The Morgan fingerprint density at radius 1 is 1.31 bits per heavy atom. The first kappa shape index (κ1) is 18.3. The first-order chi connectivity index (χ1) is 12.5. The summed E-state index contributed by atoms with van der Waals surface area (Å²) in [4.78, 5) is 18.8. The van der Waals surface area contributed by atoms with Gasteiger partial charge in [-0.3, -0.25) is 4.79 Å². The average molecular weight is 354 g/mol. The number of anilines is 1. The molecule has 1 N–H and O–H groups in total. The monoisotopic (exact) mass is 354 g/mol. The van der Waals surface area contributed by atoms with Crippen LogP contribution in [0.1, 0.15) is 49.9 Å². The highest BCUT2D eigenvalue weighted by molar-refractivity contribution is 5.90. The molecule has 1 aromatic carbocycles. The van der Waals surface area contributed by atoms with E-state index in [2.05, 4.69) is 47.3 Å². The number of nitrogens with one attached hydrogen (secondary N) is 1. The third kappa shape index (κ3) is 4.79. The maximum absolute atomic E-state index is 12.1. The van der Waals surface area contributed by atoms with Crippen LogP contribution in [0.25, 0.3) is 5.57 Å². The van der Waals surface area contributed by atoms with Crippen molar-refractivity contribution in [2.75, 3.05) is 25.5 Å². The molecule has 1 aliphatic heterocycles. The Morgan fingerprint density at radius 2 is 2.08 bits per heavy atom. The van der Waals surface area contributed by atoms with Crippen LogP contribution in [0.4, 0.5) is 5.69 Å². The number of carbonyl (C=O) groups is 1. The van der Waals surface area contributed by atoms with Crippen molar-refractivity contribution in [1.82, 2.24) is 15.0 Å². The van der Waals surface area contributed by atoms with Gasteiger partial charge in [0.2, 0.25) is 11.8 Å². The quantitative estimate of drug-likeness (QED) is 0.860. The molecule has 0 bridgehead atoms. The maximum atomic E-state index is 12.1. The van der Waals surface area contributed by atoms with Gasteiger partial charge in [0.1, 0.15) is 0 Å². The molecular formula is C20H26N4O2. The largest absolute Gasteiger partial charge is 0.339 e. The molecule has 1 aromatic heterocycles. The fraction of sp³-hybridized carbons (Fsp3) is 0.450. The van der Waals surface area contributed by atoms with Crippen LogP contribution >= 0.6 is 0 Å². The number of hydrogen-bond acceptors (Lipinski definition) is 5. The van der Waals surface area contributed by atoms with Crippen molar-refractivity contribution in [3.05, 3.63) is 47.6 Å². The number of hydrogen-bond donors (Lipinski definition) is 1. The van der Waals surface area contributed by atoms with Gasteiger partial charge in [-0.2, -0.15) is 4.98 Å². The van der Waals surface area contributed by atoms with Crippen molar-refractivity contribution < 1.29 is 9.32 Å². The van der Waals surface area contributed by atoms with Crippen LogP contribution in [0.15, 0.2) is 34.9 Å². The van der Waals surface area contributed by atoms with Crippen LogP contribution in [0.3, 0.4) is 0 Å². The SMILES string of the molecule is CC(C)c1ccc(NC(=O)CCc2nc(C3=CCN(C)CC3)no2)cc1. The lowest BCUT2D eigenvalue weighted by atomic mass is 10.0. The standard InChI is InChI=1S/C20H26N4O2/c1-14(2)15-4-6-17(7-5-15)21-18(25)8-9-19-22-20(23-26-19)16-10-12-24(3)13-11-16/h4-7,10,14H,8-9,11-13H2,1-3H3,(H,21,25). The maximum Gasteiger partial charge on any atom is 0.227 e. The summed E-state index contributed by atoms with van der Waals surface area (Å²) in [6, 6.07) is 7.95. The number of carbonyl (C=O) groups excluding carboxylic acids is 1. The third-order valence-electron chi connectivity index (χ3n) is 4.59. The summed E-state index contributed by atoms with van der Waals surface area (Å²) in [7, 11) is 2.09. The normalized spacial score (nSPS) is 15.2. The smallest absolute Gasteiger partial charge is 0.227 e. The lowest BCUT2D eigenvalue weighted by molar-refractivity contribution is -0.116. The van der Waals surface area contributed by atoms with Gasteiger partial charge in [-0.25, -0.2) is 0 Å². The number of likely N-dealkylation sites (N-methyl/N-ethyl adjacent to an activating group) is 1. The van der Waals surface area contributed by atoms with Crippen LogP contribution in [0, 0.1) is 0 Å². The number of aryl methyl sites for hydroxylation is 1. The molecule has 6 nitrogen and oxygen atoms in total. The number of benzene rings is 1. The van der Waals surface area contributed by atoms with E-state index in [1.54, 1.807) is 0 Å². The zero-order valence-electron chi connectivity index (χ0n) is 15.7. The minimum absolute atomic E-state index is 0.0550. The number of aromatic nitrogens is 2. The highest BCUT2D eigenvalue weighted by atomic mass is 16.5. The van der Waals surface area contributed by atoms with Gasteiger partial charge >= 0.3 is 0 Å². The molecule has 0 saturated carbocycles. The van der Waals surface area contributed by atoms with Crippen LogP contribution < -0.4 is 5.32 Å². The molecule has 1 aliphatic rings. The molecule has 0 unspecified atom stereocenters. The molecule has 26 heavy (non-hydrogen) atoms. The average Bonchev–Trinajstić information content (AvgIpc) is 3.10. The van der Waals surface area contributed by atoms with E-state index in [4.69, 9.17) is 4.52 Å². The summed E-state index contributed by atoms with van der Waals surface area (Å²) in [6.07, 6.45) is 3.80. The molecular weight excluding hydrogens is 328 g/mol. The van der Waals surface area contributed by atoms with Gasteiger partial charge in [0.05, 0.1) is 0 Å². The van der Waals surface area contributed by atoms with Crippen molar-refractivity contribution in [2.24, 2.45) is 0 Å². The summed E-state index contributed by atoms with van der Waals surface area (Å²) in [5.41, 5.74) is 3.18. The van der Waals surface area contributed by atoms with Gasteiger partial charge in [0.15, 0.2) is 5.82 Å². The number of nitrogens with zero attached hydrogens (tertiary/aromatic N) is 3. The highest BCUT2D eigenvalue weighted by Crippen LogP contribution is 2.20. The Bertz CT molecular complexity index is 777. The third-order valence-corrected chi connectivity index (χ3v) is 4.59. The second kappa shape index (κ2) is 8.27. The first-order valence-corrected chi connectivity index (χ1v) is 9.11. The molecule has 0 spiro atoms. The Hall–Kier alpha value is -2.47. The molecule has 0 atom stereocenters. The molecule has 138 valence electrons. The topological polar surface area (TPSA) is 71.3 Å². The summed E-state index contributed by atoms with van der Waals surface area (Å²) < 4.78 is 5.29. The second-order valence-electron chi connectivity index (χ2n) is 7.08. The molecule has 0 fully saturated rings. The molecule has 0 saturated heterocycles. The lowest BCUT2D eigenvalue weighted by Crippen LogP contribution is -2.23. The molecule has 2 heterocycles. The van der Waals surface area contributed by atoms with Gasteiger partial charge in [0, 0.05) is 31.6 Å². The van der Waals surface area contributed by atoms with Crippen molar-refractivity contribution in [1.29, 1.82) is 0 Å². The summed E-state index contributed by atoms with van der Waals surface area (Å²) >= 11 is 0. The van der Waals surface area contributed by atoms with E-state index in [9.17, 15) is 4.79 Å². The van der Waals surface area contributed by atoms with Gasteiger partial charge in [-0.15, -0.1) is 0 Å². The van der Waals surface area contributed by atoms with Crippen molar-refractivity contribution >= 4 is 17.2 Å². The summed E-state index contributed by atoms with van der Waals surface area (Å²) in [5.74, 6) is 1.58. The zero-order valence-corrected chi connectivity index (χ0v) is 15.7. The Kier molecular flexibility index (Phi) is 5.83. The highest BCUT2D eigenvalue weighted by Gasteiger charge is 2.16.